The molecule has 0 spiro atoms. The summed E-state index contributed by atoms with van der Waals surface area (Å²) in [5, 5.41) is 13.2. The fraction of sp³-hybridized carbons (Fsp3) is 0.231. The number of hydrogen-bond acceptors (Lipinski definition) is 5. The number of ether oxygens (including phenoxy) is 1. The fourth-order valence-electron chi connectivity index (χ4n) is 1.44. The van der Waals surface area contributed by atoms with Crippen molar-refractivity contribution < 1.29 is 9.84 Å². The Morgan fingerprint density at radius 2 is 2.10 bits per heavy atom. The van der Waals surface area contributed by atoms with E-state index in [-0.39, 0.29) is 6.61 Å². The summed E-state index contributed by atoms with van der Waals surface area (Å²) in [6, 6.07) is 7.62. The van der Waals surface area contributed by atoms with Crippen molar-refractivity contribution in [2.24, 2.45) is 0 Å². The summed E-state index contributed by atoms with van der Waals surface area (Å²) >= 11 is 8.12. The molecule has 2 aromatic rings. The predicted molar refractivity (Wildman–Crippen MR) is 86.2 cm³/mol. The van der Waals surface area contributed by atoms with Crippen LogP contribution in [0.4, 0.5) is 5.82 Å². The van der Waals surface area contributed by atoms with E-state index >= 15 is 0 Å². The summed E-state index contributed by atoms with van der Waals surface area (Å²) in [4.78, 5) is 7.76. The Hall–Kier alpha value is -1.12. The molecule has 0 aliphatic rings. The normalized spacial score (nSPS) is 11.9. The minimum Gasteiger partial charge on any atom is -0.491 e. The van der Waals surface area contributed by atoms with E-state index in [0.717, 1.165) is 9.32 Å². The largest absolute Gasteiger partial charge is 0.491 e. The Balaban J connectivity index is 1.77. The molecule has 1 aromatic carbocycles. The Morgan fingerprint density at radius 3 is 2.80 bits per heavy atom. The first kappa shape index (κ1) is 15.3. The van der Waals surface area contributed by atoms with Crippen LogP contribution in [-0.2, 0) is 0 Å². The molecular weight excluding hydrogens is 393 g/mol. The zero-order chi connectivity index (χ0) is 14.4. The topological polar surface area (TPSA) is 67.3 Å². The molecule has 1 heterocycles. The molecule has 0 radical (unpaired) electrons. The molecule has 1 aromatic heterocycles. The average molecular weight is 406 g/mol. The number of benzene rings is 1. The van der Waals surface area contributed by atoms with Crippen LogP contribution in [0, 0.1) is 3.57 Å². The number of nitrogens with one attached hydrogen (secondary N) is 1. The second kappa shape index (κ2) is 7.61. The van der Waals surface area contributed by atoms with Gasteiger partial charge in [-0.3, -0.25) is 0 Å². The maximum Gasteiger partial charge on any atom is 0.148 e. The van der Waals surface area contributed by atoms with Crippen LogP contribution in [-0.4, -0.2) is 34.3 Å². The zero-order valence-electron chi connectivity index (χ0n) is 10.5. The first-order chi connectivity index (χ1) is 9.65. The standard InChI is InChI=1S/C13H13ClIN3O2/c14-12-6-16-8-18-13(12)17-5-10(19)7-20-11-3-1-9(15)2-4-11/h1-4,6,8,10,19H,5,7H2,(H,16,17,18). The van der Waals surface area contributed by atoms with Gasteiger partial charge in [0.25, 0.3) is 0 Å². The van der Waals surface area contributed by atoms with E-state index in [1.165, 1.54) is 12.5 Å². The molecule has 0 fully saturated rings. The minimum atomic E-state index is -0.666. The Labute approximate surface area is 135 Å². The van der Waals surface area contributed by atoms with Gasteiger partial charge >= 0.3 is 0 Å². The Morgan fingerprint density at radius 1 is 1.35 bits per heavy atom. The van der Waals surface area contributed by atoms with Gasteiger partial charge in [-0.15, -0.1) is 0 Å². The highest BCUT2D eigenvalue weighted by Crippen LogP contribution is 2.16. The number of halogens is 2. The van der Waals surface area contributed by atoms with E-state index in [1.807, 2.05) is 24.3 Å². The molecule has 0 aliphatic heterocycles. The van der Waals surface area contributed by atoms with Crippen LogP contribution in [0.3, 0.4) is 0 Å². The molecular formula is C13H13ClIN3O2. The van der Waals surface area contributed by atoms with Crippen molar-refractivity contribution in [2.75, 3.05) is 18.5 Å². The predicted octanol–water partition coefficient (Wildman–Crippen LogP) is 2.59. The summed E-state index contributed by atoms with van der Waals surface area (Å²) < 4.78 is 6.62. The van der Waals surface area contributed by atoms with Crippen LogP contribution in [0.25, 0.3) is 0 Å². The van der Waals surface area contributed by atoms with Gasteiger partial charge in [-0.25, -0.2) is 9.97 Å². The second-order valence-electron chi connectivity index (χ2n) is 4.02. The van der Waals surface area contributed by atoms with Gasteiger partial charge in [-0.1, -0.05) is 11.6 Å². The number of rotatable bonds is 6. The van der Waals surface area contributed by atoms with E-state index in [0.29, 0.717) is 17.4 Å². The van der Waals surface area contributed by atoms with Gasteiger partial charge in [-0.2, -0.15) is 0 Å². The molecule has 0 bridgehead atoms. The van der Waals surface area contributed by atoms with Crippen molar-refractivity contribution >= 4 is 40.0 Å². The van der Waals surface area contributed by atoms with Crippen molar-refractivity contribution in [3.8, 4) is 5.75 Å². The van der Waals surface area contributed by atoms with Gasteiger partial charge < -0.3 is 15.2 Å². The van der Waals surface area contributed by atoms with Crippen molar-refractivity contribution in [3.63, 3.8) is 0 Å². The number of hydrogen-bond donors (Lipinski definition) is 2. The first-order valence-electron chi connectivity index (χ1n) is 5.91. The highest BCUT2D eigenvalue weighted by atomic mass is 127. The summed E-state index contributed by atoms with van der Waals surface area (Å²) in [6.07, 6.45) is 2.22. The molecule has 7 heteroatoms. The van der Waals surface area contributed by atoms with Crippen LogP contribution in [0.5, 0.6) is 5.75 Å². The van der Waals surface area contributed by atoms with Gasteiger partial charge in [0.05, 0.1) is 6.20 Å². The average Bonchev–Trinajstić information content (AvgIpc) is 2.46. The molecule has 0 saturated carbocycles. The first-order valence-corrected chi connectivity index (χ1v) is 7.36. The molecule has 0 aliphatic carbocycles. The lowest BCUT2D eigenvalue weighted by Gasteiger charge is -2.14. The third kappa shape index (κ3) is 4.77. The van der Waals surface area contributed by atoms with Crippen LogP contribution in [0.15, 0.2) is 36.8 Å². The van der Waals surface area contributed by atoms with Crippen LogP contribution < -0.4 is 10.1 Å². The maximum absolute atomic E-state index is 9.84. The van der Waals surface area contributed by atoms with Gasteiger partial charge in [-0.05, 0) is 46.9 Å². The molecule has 106 valence electrons. The molecule has 2 N–H and O–H groups in total. The lowest BCUT2D eigenvalue weighted by molar-refractivity contribution is 0.117. The number of aromatic nitrogens is 2. The van der Waals surface area contributed by atoms with Crippen LogP contribution in [0.2, 0.25) is 5.02 Å². The molecule has 2 rings (SSSR count). The van der Waals surface area contributed by atoms with Gasteiger partial charge in [0, 0.05) is 10.1 Å². The third-order valence-electron chi connectivity index (χ3n) is 2.43. The van der Waals surface area contributed by atoms with Gasteiger partial charge in [0.1, 0.15) is 35.6 Å². The van der Waals surface area contributed by atoms with Gasteiger partial charge in [0.2, 0.25) is 0 Å². The minimum absolute atomic E-state index is 0.191. The summed E-state index contributed by atoms with van der Waals surface area (Å²) in [5.74, 6) is 1.22. The molecule has 5 nitrogen and oxygen atoms in total. The number of anilines is 1. The molecule has 20 heavy (non-hydrogen) atoms. The molecule has 1 unspecified atom stereocenters. The van der Waals surface area contributed by atoms with Crippen LogP contribution >= 0.6 is 34.2 Å². The van der Waals surface area contributed by atoms with E-state index in [2.05, 4.69) is 37.9 Å². The van der Waals surface area contributed by atoms with Crippen molar-refractivity contribution in [1.82, 2.24) is 9.97 Å². The SMILES string of the molecule is OC(CNc1ncncc1Cl)COc1ccc(I)cc1. The fourth-order valence-corrected chi connectivity index (χ4v) is 1.97. The Kier molecular flexibility index (Phi) is 5.81. The molecule has 1 atom stereocenters. The monoisotopic (exact) mass is 405 g/mol. The Bertz CT molecular complexity index is 554. The zero-order valence-corrected chi connectivity index (χ0v) is 13.4. The second-order valence-corrected chi connectivity index (χ2v) is 5.67. The number of nitrogens with zero attached hydrogens (tertiary/aromatic N) is 2. The summed E-state index contributed by atoms with van der Waals surface area (Å²) in [7, 11) is 0. The van der Waals surface area contributed by atoms with E-state index in [4.69, 9.17) is 16.3 Å². The summed E-state index contributed by atoms with van der Waals surface area (Å²) in [6.45, 7) is 0.484. The number of aliphatic hydroxyl groups excluding tert-OH is 1. The van der Waals surface area contributed by atoms with Gasteiger partial charge in [0.15, 0.2) is 0 Å². The van der Waals surface area contributed by atoms with E-state index < -0.39 is 6.10 Å². The van der Waals surface area contributed by atoms with Crippen molar-refractivity contribution in [3.05, 3.63) is 45.4 Å². The highest BCUT2D eigenvalue weighted by molar-refractivity contribution is 14.1. The smallest absolute Gasteiger partial charge is 0.148 e. The van der Waals surface area contributed by atoms with E-state index in [1.54, 1.807) is 0 Å². The maximum atomic E-state index is 9.84. The summed E-state index contributed by atoms with van der Waals surface area (Å²) in [5.41, 5.74) is 0. The molecule has 0 saturated heterocycles. The lowest BCUT2D eigenvalue weighted by Crippen LogP contribution is -2.26. The quantitative estimate of drug-likeness (QED) is 0.723. The lowest BCUT2D eigenvalue weighted by atomic mass is 10.3. The van der Waals surface area contributed by atoms with Crippen molar-refractivity contribution in [1.29, 1.82) is 0 Å². The number of aliphatic hydroxyl groups is 1. The van der Waals surface area contributed by atoms with Crippen LogP contribution in [0.1, 0.15) is 0 Å². The van der Waals surface area contributed by atoms with Crippen molar-refractivity contribution in [2.45, 2.75) is 6.10 Å². The third-order valence-corrected chi connectivity index (χ3v) is 3.42. The molecule has 0 amide bonds. The highest BCUT2D eigenvalue weighted by Gasteiger charge is 2.07. The van der Waals surface area contributed by atoms with E-state index in [9.17, 15) is 5.11 Å².